The van der Waals surface area contributed by atoms with Crippen molar-refractivity contribution >= 4 is 77.5 Å². The fraction of sp³-hybridized carbons (Fsp3) is 0. The third-order valence-electron chi connectivity index (χ3n) is 14.9. The van der Waals surface area contributed by atoms with E-state index >= 15 is 0 Å². The van der Waals surface area contributed by atoms with Gasteiger partial charge in [0.05, 0.1) is 32.5 Å². The number of anilines is 6. The Kier molecular flexibility index (Phi) is 10.1. The molecule has 14 rings (SSSR count). The average Bonchev–Trinajstić information content (AvgIpc) is 3.72. The SMILES string of the molecule is O=C1C(=Cc2ccc3c(c2)-c2ccccc2-c2ccccc2N3c2ccc(-c3ccc(N4c5ccccc5-c5ccccc5-c5cc(C=C6C(=O)c7ccccc7S6(=O)=O)ccc54)cc3)cc2)S(=O)(=O)c2ccccc21. The molecule has 4 heterocycles. The minimum absolute atomic E-state index is 0.0338. The van der Waals surface area contributed by atoms with Crippen LogP contribution in [0.5, 0.6) is 0 Å². The van der Waals surface area contributed by atoms with E-state index in [-0.39, 0.29) is 30.7 Å². The molecule has 362 valence electrons. The maximum Gasteiger partial charge on any atom is 0.211 e. The lowest BCUT2D eigenvalue weighted by Gasteiger charge is -2.28. The molecule has 0 aromatic heterocycles. The van der Waals surface area contributed by atoms with E-state index in [4.69, 9.17) is 0 Å². The summed E-state index contributed by atoms with van der Waals surface area (Å²) in [6.45, 7) is 0. The molecule has 10 heteroatoms. The summed E-state index contributed by atoms with van der Waals surface area (Å²) < 4.78 is 54.7. The van der Waals surface area contributed by atoms with Crippen molar-refractivity contribution in [3.05, 3.63) is 263 Å². The quantitative estimate of drug-likeness (QED) is 0.157. The van der Waals surface area contributed by atoms with E-state index in [1.807, 2.05) is 84.9 Å². The first-order valence-electron chi connectivity index (χ1n) is 24.7. The third-order valence-corrected chi connectivity index (χ3v) is 18.5. The lowest BCUT2D eigenvalue weighted by molar-refractivity contribution is 0.103. The van der Waals surface area contributed by atoms with Crippen molar-refractivity contribution in [3.8, 4) is 55.6 Å². The van der Waals surface area contributed by atoms with Gasteiger partial charge in [-0.3, -0.25) is 9.59 Å². The van der Waals surface area contributed by atoms with E-state index in [0.29, 0.717) is 11.1 Å². The Bertz CT molecular complexity index is 4190. The molecule has 8 nitrogen and oxygen atoms in total. The molecule has 76 heavy (non-hydrogen) atoms. The van der Waals surface area contributed by atoms with Gasteiger partial charge in [0.25, 0.3) is 0 Å². The predicted octanol–water partition coefficient (Wildman–Crippen LogP) is 15.6. The number of allylic oxidation sites excluding steroid dienone is 2. The Hall–Kier alpha value is -9.48. The smallest absolute Gasteiger partial charge is 0.211 e. The van der Waals surface area contributed by atoms with E-state index < -0.39 is 31.2 Å². The number of Topliss-reactive ketones (excluding diaryl/α,β-unsaturated/α-hetero) is 2. The lowest BCUT2D eigenvalue weighted by atomic mass is 9.93. The highest BCUT2D eigenvalue weighted by Gasteiger charge is 2.40. The maximum absolute atomic E-state index is 13.7. The summed E-state index contributed by atoms with van der Waals surface area (Å²) in [7, 11) is -7.99. The van der Waals surface area contributed by atoms with Crippen molar-refractivity contribution in [2.24, 2.45) is 0 Å². The van der Waals surface area contributed by atoms with Crippen LogP contribution in [0.25, 0.3) is 67.8 Å². The predicted molar refractivity (Wildman–Crippen MR) is 302 cm³/mol. The highest BCUT2D eigenvalue weighted by atomic mass is 32.2. The Morgan fingerprint density at radius 2 is 0.592 bits per heavy atom. The Labute approximate surface area is 439 Å². The maximum atomic E-state index is 13.7. The van der Waals surface area contributed by atoms with E-state index in [0.717, 1.165) is 89.8 Å². The Balaban J connectivity index is 0.832. The van der Waals surface area contributed by atoms with Gasteiger partial charge < -0.3 is 9.80 Å². The Morgan fingerprint density at radius 1 is 0.289 bits per heavy atom. The number of hydrogen-bond donors (Lipinski definition) is 0. The van der Waals surface area contributed by atoms with Crippen LogP contribution in [0.15, 0.2) is 250 Å². The fourth-order valence-corrected chi connectivity index (χ4v) is 14.5. The molecule has 0 atom stereocenters. The van der Waals surface area contributed by atoms with Crippen LogP contribution in [0.3, 0.4) is 0 Å². The number of hydrogen-bond acceptors (Lipinski definition) is 8. The van der Waals surface area contributed by atoms with Crippen LogP contribution in [0.1, 0.15) is 31.8 Å². The first-order chi connectivity index (χ1) is 37.0. The number of fused-ring (bicyclic) bond motifs is 12. The molecule has 0 saturated heterocycles. The van der Waals surface area contributed by atoms with Crippen LogP contribution >= 0.6 is 0 Å². The molecule has 0 unspecified atom stereocenters. The molecular formula is C66H40N2O6S2. The number of ketones is 2. The van der Waals surface area contributed by atoms with Crippen LogP contribution in [0.4, 0.5) is 34.1 Å². The van der Waals surface area contributed by atoms with E-state index in [1.54, 1.807) is 36.4 Å². The second kappa shape index (κ2) is 17.0. The molecule has 0 spiro atoms. The van der Waals surface area contributed by atoms with E-state index in [1.165, 1.54) is 24.3 Å². The van der Waals surface area contributed by atoms with Crippen molar-refractivity contribution in [1.82, 2.24) is 0 Å². The summed E-state index contributed by atoms with van der Waals surface area (Å²) in [6.07, 6.45) is 3.00. The van der Waals surface area contributed by atoms with Gasteiger partial charge >= 0.3 is 0 Å². The van der Waals surface area contributed by atoms with Crippen molar-refractivity contribution in [2.75, 3.05) is 9.80 Å². The van der Waals surface area contributed by atoms with Crippen molar-refractivity contribution < 1.29 is 26.4 Å². The summed E-state index contributed by atoms with van der Waals surface area (Å²) in [5.74, 6) is -1.01. The minimum atomic E-state index is -3.99. The first-order valence-corrected chi connectivity index (χ1v) is 27.7. The van der Waals surface area contributed by atoms with Gasteiger partial charge in [-0.05, 0) is 142 Å². The van der Waals surface area contributed by atoms with E-state index in [9.17, 15) is 26.4 Å². The van der Waals surface area contributed by atoms with Gasteiger partial charge in [-0.2, -0.15) is 0 Å². The normalized spacial score (nSPS) is 16.1. The molecule has 0 bridgehead atoms. The molecule has 0 N–H and O–H groups in total. The first kappa shape index (κ1) is 45.2. The molecule has 4 aliphatic heterocycles. The van der Waals surface area contributed by atoms with Crippen LogP contribution in [-0.4, -0.2) is 28.4 Å². The molecule has 4 aliphatic rings. The van der Waals surface area contributed by atoms with Crippen molar-refractivity contribution in [1.29, 1.82) is 0 Å². The number of rotatable bonds is 5. The highest BCUT2D eigenvalue weighted by molar-refractivity contribution is 7.97. The molecule has 0 fully saturated rings. The van der Waals surface area contributed by atoms with Gasteiger partial charge in [-0.15, -0.1) is 0 Å². The summed E-state index contributed by atoms with van der Waals surface area (Å²) in [5, 5.41) is 0. The zero-order chi connectivity index (χ0) is 51.5. The molecule has 0 saturated carbocycles. The monoisotopic (exact) mass is 1020 g/mol. The zero-order valence-electron chi connectivity index (χ0n) is 40.3. The third kappa shape index (κ3) is 6.88. The number of para-hydroxylation sites is 2. The Morgan fingerprint density at radius 3 is 0.961 bits per heavy atom. The summed E-state index contributed by atoms with van der Waals surface area (Å²) >= 11 is 0. The van der Waals surface area contributed by atoms with Crippen LogP contribution in [0.2, 0.25) is 0 Å². The molecule has 10 aromatic rings. The highest BCUT2D eigenvalue weighted by Crippen LogP contribution is 2.53. The van der Waals surface area contributed by atoms with Gasteiger partial charge in [-0.1, -0.05) is 146 Å². The van der Waals surface area contributed by atoms with E-state index in [2.05, 4.69) is 107 Å². The average molecular weight is 1020 g/mol. The van der Waals surface area contributed by atoms with Gasteiger partial charge in [0.2, 0.25) is 31.2 Å². The number of carbonyl (C=O) groups excluding carboxylic acids is 2. The number of benzene rings is 10. The second-order valence-corrected chi connectivity index (χ2v) is 22.9. The standard InChI is InChI=1S/C66H40N2O6S2/c69-65-53-19-7-11-23-61(53)75(71,72)63(65)39-41-25-35-59-55(37-41)49-15-3-1-13-47(49)51-17-5-9-21-57(51)67(59)45-31-27-43(28-32-45)44-29-33-46(34-30-44)68-58-22-10-6-18-52(58)48-14-2-4-16-50(48)56-38-42(26-36-60(56)68)40-64-66(70)54-20-8-12-24-62(54)76(64,73)74/h1-40H. The van der Waals surface area contributed by atoms with Crippen molar-refractivity contribution in [2.45, 2.75) is 9.79 Å². The summed E-state index contributed by atoms with van der Waals surface area (Å²) in [5.41, 5.74) is 17.0. The topological polar surface area (TPSA) is 109 Å². The fourth-order valence-electron chi connectivity index (χ4n) is 11.3. The summed E-state index contributed by atoms with van der Waals surface area (Å²) in [6, 6.07) is 74.4. The molecule has 0 amide bonds. The van der Waals surface area contributed by atoms with Crippen LogP contribution in [0, 0.1) is 0 Å². The van der Waals surface area contributed by atoms with Gasteiger partial charge in [0.1, 0.15) is 9.81 Å². The molecule has 0 radical (unpaired) electrons. The van der Waals surface area contributed by atoms with Gasteiger partial charge in [-0.25, -0.2) is 16.8 Å². The second-order valence-electron chi connectivity index (χ2n) is 19.1. The minimum Gasteiger partial charge on any atom is -0.309 e. The number of carbonyl (C=O) groups is 2. The molecular weight excluding hydrogens is 981 g/mol. The van der Waals surface area contributed by atoms with Gasteiger partial charge in [0, 0.05) is 44.8 Å². The number of nitrogens with zero attached hydrogens (tertiary/aromatic N) is 2. The molecule has 0 aliphatic carbocycles. The largest absolute Gasteiger partial charge is 0.309 e. The number of sulfone groups is 2. The summed E-state index contributed by atoms with van der Waals surface area (Å²) in [4.78, 5) is 31.1. The van der Waals surface area contributed by atoms with Crippen LogP contribution < -0.4 is 9.80 Å². The molecule has 10 aromatic carbocycles. The lowest BCUT2D eigenvalue weighted by Crippen LogP contribution is -2.11. The zero-order valence-corrected chi connectivity index (χ0v) is 41.9. The van der Waals surface area contributed by atoms with Crippen LogP contribution in [-0.2, 0) is 19.7 Å². The van der Waals surface area contributed by atoms with Crippen molar-refractivity contribution in [3.63, 3.8) is 0 Å². The van der Waals surface area contributed by atoms with Gasteiger partial charge in [0.15, 0.2) is 0 Å².